The van der Waals surface area contributed by atoms with Gasteiger partial charge in [0.1, 0.15) is 6.33 Å². The minimum Gasteiger partial charge on any atom is -0.257 e. The summed E-state index contributed by atoms with van der Waals surface area (Å²) in [6.45, 7) is 19.1. The van der Waals surface area contributed by atoms with E-state index < -0.39 is 0 Å². The highest BCUT2D eigenvalue weighted by Gasteiger charge is 2.53. The molecule has 0 aromatic carbocycles. The fourth-order valence-corrected chi connectivity index (χ4v) is 8.99. The molecular formula is C33H44N6. The summed E-state index contributed by atoms with van der Waals surface area (Å²) < 4.78 is 0. The summed E-state index contributed by atoms with van der Waals surface area (Å²) in [5.74, 6) is 0.953. The van der Waals surface area contributed by atoms with Gasteiger partial charge in [0.05, 0.1) is 22.8 Å². The maximum absolute atomic E-state index is 4.95. The summed E-state index contributed by atoms with van der Waals surface area (Å²) in [7, 11) is 0. The van der Waals surface area contributed by atoms with Crippen LogP contribution in [0.1, 0.15) is 134 Å². The van der Waals surface area contributed by atoms with Crippen LogP contribution in [0.25, 0.3) is 0 Å². The van der Waals surface area contributed by atoms with Gasteiger partial charge in [-0.15, -0.1) is 0 Å². The molecule has 206 valence electrons. The van der Waals surface area contributed by atoms with Crippen LogP contribution >= 0.6 is 0 Å². The van der Waals surface area contributed by atoms with Gasteiger partial charge >= 0.3 is 0 Å². The molecule has 0 aliphatic heterocycles. The van der Waals surface area contributed by atoms with Gasteiger partial charge < -0.3 is 0 Å². The average Bonchev–Trinajstić information content (AvgIpc) is 3.37. The first kappa shape index (κ1) is 26.5. The van der Waals surface area contributed by atoms with Crippen molar-refractivity contribution >= 4 is 0 Å². The van der Waals surface area contributed by atoms with Crippen molar-refractivity contribution in [1.82, 2.24) is 30.1 Å². The van der Waals surface area contributed by atoms with Crippen molar-refractivity contribution in [3.05, 3.63) is 71.1 Å². The lowest BCUT2D eigenvalue weighted by atomic mass is 9.67. The Hall–Kier alpha value is -2.76. The van der Waals surface area contributed by atoms with E-state index in [1.54, 1.807) is 6.33 Å². The zero-order valence-electron chi connectivity index (χ0n) is 25.0. The van der Waals surface area contributed by atoms with E-state index in [9.17, 15) is 0 Å². The number of aromatic nitrogens is 6. The summed E-state index contributed by atoms with van der Waals surface area (Å²) in [5, 5.41) is 8.77. The average molecular weight is 525 g/mol. The second-order valence-electron chi connectivity index (χ2n) is 14.8. The number of nitrogens with zero attached hydrogens (tertiary/aromatic N) is 6. The predicted molar refractivity (Wildman–Crippen MR) is 154 cm³/mol. The second-order valence-corrected chi connectivity index (χ2v) is 14.8. The van der Waals surface area contributed by atoms with E-state index in [0.29, 0.717) is 11.8 Å². The molecule has 3 aliphatic carbocycles. The first-order valence-corrected chi connectivity index (χ1v) is 14.8. The van der Waals surface area contributed by atoms with E-state index >= 15 is 0 Å². The molecule has 6 rings (SSSR count). The summed E-state index contributed by atoms with van der Waals surface area (Å²) >= 11 is 0. The first-order chi connectivity index (χ1) is 18.3. The smallest absolute Gasteiger partial charge is 0.115 e. The van der Waals surface area contributed by atoms with E-state index in [2.05, 4.69) is 82.8 Å². The van der Waals surface area contributed by atoms with Crippen molar-refractivity contribution < 1.29 is 0 Å². The van der Waals surface area contributed by atoms with Gasteiger partial charge in [0.15, 0.2) is 0 Å². The molecule has 0 bridgehead atoms. The molecule has 0 radical (unpaired) electrons. The summed E-state index contributed by atoms with van der Waals surface area (Å²) in [6.07, 6.45) is 16.0. The highest BCUT2D eigenvalue weighted by molar-refractivity contribution is 5.42. The van der Waals surface area contributed by atoms with E-state index in [-0.39, 0.29) is 27.1 Å². The molecule has 0 spiro atoms. The van der Waals surface area contributed by atoms with Crippen molar-refractivity contribution in [3.8, 4) is 0 Å². The van der Waals surface area contributed by atoms with Crippen LogP contribution in [0, 0.1) is 5.92 Å². The second kappa shape index (κ2) is 8.62. The van der Waals surface area contributed by atoms with Crippen molar-refractivity contribution in [2.24, 2.45) is 5.92 Å². The molecule has 0 amide bonds. The molecule has 0 unspecified atom stereocenters. The minimum absolute atomic E-state index is 0.00969. The first-order valence-electron chi connectivity index (χ1n) is 14.8. The molecule has 3 aromatic heterocycles. The van der Waals surface area contributed by atoms with Crippen LogP contribution in [0.5, 0.6) is 0 Å². The fourth-order valence-electron chi connectivity index (χ4n) is 8.99. The van der Waals surface area contributed by atoms with Gasteiger partial charge in [0.2, 0.25) is 0 Å². The molecule has 0 fully saturated rings. The number of fused-ring (bicyclic) bond motifs is 3. The summed E-state index contributed by atoms with van der Waals surface area (Å²) in [6, 6.07) is 2.21. The van der Waals surface area contributed by atoms with Gasteiger partial charge in [-0.25, -0.2) is 9.97 Å². The lowest BCUT2D eigenvalue weighted by Gasteiger charge is -2.37. The summed E-state index contributed by atoms with van der Waals surface area (Å²) in [5.41, 5.74) is 7.76. The van der Waals surface area contributed by atoms with E-state index in [1.807, 2.05) is 18.6 Å². The molecule has 0 saturated heterocycles. The van der Waals surface area contributed by atoms with Crippen molar-refractivity contribution in [3.63, 3.8) is 0 Å². The van der Waals surface area contributed by atoms with Crippen LogP contribution < -0.4 is 0 Å². The molecule has 6 nitrogen and oxygen atoms in total. The highest BCUT2D eigenvalue weighted by Crippen LogP contribution is 2.58. The van der Waals surface area contributed by atoms with Crippen LogP contribution in [0.15, 0.2) is 37.2 Å². The molecule has 39 heavy (non-hydrogen) atoms. The van der Waals surface area contributed by atoms with Crippen molar-refractivity contribution in [2.75, 3.05) is 0 Å². The zero-order chi connectivity index (χ0) is 27.8. The maximum atomic E-state index is 4.95. The highest BCUT2D eigenvalue weighted by atomic mass is 15.1. The number of rotatable bonds is 6. The van der Waals surface area contributed by atoms with Gasteiger partial charge in [0.25, 0.3) is 0 Å². The van der Waals surface area contributed by atoms with Crippen molar-refractivity contribution in [2.45, 2.75) is 127 Å². The Balaban J connectivity index is 1.27. The molecule has 0 N–H and O–H groups in total. The molecule has 3 heterocycles. The number of hydrogen-bond donors (Lipinski definition) is 0. The Morgan fingerprint density at radius 1 is 0.718 bits per heavy atom. The predicted octanol–water partition coefficient (Wildman–Crippen LogP) is 6.89. The van der Waals surface area contributed by atoms with Gasteiger partial charge in [-0.1, -0.05) is 55.4 Å². The third-order valence-electron chi connectivity index (χ3n) is 11.4. The standard InChI is InChI=1S/C33H44N6/c1-21-22(2)33(8,23-9-14-38-39-25(21)23)13-12-32(7)19-30(5,24-17-34-20-37-26(24)32)10-11-31(6)18-29(3,4)27-28(31)36-16-15-35-27/h9,14-17,20-22H,10-13,18-19H2,1-8H3/t21-,22+,30+,31+,32+,33+/m1/s1. The quantitative estimate of drug-likeness (QED) is 0.349. The molecule has 0 saturated carbocycles. The normalized spacial score (nSPS) is 36.0. The fraction of sp³-hybridized carbons (Fsp3) is 0.636. The lowest BCUT2D eigenvalue weighted by Crippen LogP contribution is -2.32. The third kappa shape index (κ3) is 3.88. The minimum atomic E-state index is 0.00969. The molecular weight excluding hydrogens is 480 g/mol. The largest absolute Gasteiger partial charge is 0.257 e. The Morgan fingerprint density at radius 2 is 1.38 bits per heavy atom. The van der Waals surface area contributed by atoms with Gasteiger partial charge in [-0.2, -0.15) is 10.2 Å². The Labute approximate surface area is 233 Å². The van der Waals surface area contributed by atoms with E-state index in [0.717, 1.165) is 38.5 Å². The van der Waals surface area contributed by atoms with Crippen LogP contribution in [-0.4, -0.2) is 30.1 Å². The zero-order valence-corrected chi connectivity index (χ0v) is 25.0. The Morgan fingerprint density at radius 3 is 2.15 bits per heavy atom. The van der Waals surface area contributed by atoms with Gasteiger partial charge in [-0.3, -0.25) is 9.97 Å². The molecule has 3 aromatic rings. The monoisotopic (exact) mass is 524 g/mol. The van der Waals surface area contributed by atoms with E-state index in [1.165, 1.54) is 33.9 Å². The lowest BCUT2D eigenvalue weighted by molar-refractivity contribution is 0.231. The third-order valence-corrected chi connectivity index (χ3v) is 11.4. The van der Waals surface area contributed by atoms with Crippen LogP contribution in [-0.2, 0) is 27.1 Å². The van der Waals surface area contributed by atoms with Crippen LogP contribution in [0.4, 0.5) is 0 Å². The van der Waals surface area contributed by atoms with Gasteiger partial charge in [0, 0.05) is 47.0 Å². The van der Waals surface area contributed by atoms with Gasteiger partial charge in [-0.05, 0) is 72.5 Å². The van der Waals surface area contributed by atoms with Crippen molar-refractivity contribution in [1.29, 1.82) is 0 Å². The maximum Gasteiger partial charge on any atom is 0.115 e. The van der Waals surface area contributed by atoms with Crippen LogP contribution in [0.2, 0.25) is 0 Å². The van der Waals surface area contributed by atoms with Crippen LogP contribution in [0.3, 0.4) is 0 Å². The molecule has 6 heteroatoms. The SMILES string of the molecule is C[C@H]1c2nnccc2[C@@](C)(CC[C@@]2(C)C[C@](C)(CC[C@@]3(C)CC(C)(C)c4nccnc43)c3cncnc32)[C@H]1C. The Kier molecular flexibility index (Phi) is 5.85. The summed E-state index contributed by atoms with van der Waals surface area (Å²) in [4.78, 5) is 19.1. The molecule has 6 atom stereocenters. The topological polar surface area (TPSA) is 77.3 Å². The Bertz CT molecular complexity index is 1420. The number of hydrogen-bond acceptors (Lipinski definition) is 6. The molecule has 3 aliphatic rings. The van der Waals surface area contributed by atoms with E-state index in [4.69, 9.17) is 15.0 Å².